The minimum atomic E-state index is -0.0331. The van der Waals surface area contributed by atoms with E-state index in [9.17, 15) is 5.11 Å². The van der Waals surface area contributed by atoms with Crippen molar-refractivity contribution in [2.75, 3.05) is 20.0 Å². The van der Waals surface area contributed by atoms with Crippen molar-refractivity contribution in [3.05, 3.63) is 12.1 Å². The van der Waals surface area contributed by atoms with Gasteiger partial charge in [-0.15, -0.1) is 0 Å². The zero-order valence-corrected chi connectivity index (χ0v) is 7.00. The zero-order chi connectivity index (χ0) is 9.14. The number of phenolic OH excluding ortho intramolecular Hbond substituents is 1. The molecule has 0 aliphatic carbocycles. The quantitative estimate of drug-likeness (QED) is 0.512. The number of hydrogen-bond acceptors (Lipinski definition) is 4. The molecule has 1 rings (SSSR count). The van der Waals surface area contributed by atoms with Gasteiger partial charge >= 0.3 is 0 Å². The highest BCUT2D eigenvalue weighted by Gasteiger charge is 2.08. The molecule has 66 valence electrons. The molecule has 0 bridgehead atoms. The molecule has 12 heavy (non-hydrogen) atoms. The third-order valence-corrected chi connectivity index (χ3v) is 1.50. The van der Waals surface area contributed by atoms with Crippen LogP contribution in [-0.2, 0) is 0 Å². The first-order chi connectivity index (χ1) is 5.69. The van der Waals surface area contributed by atoms with Crippen molar-refractivity contribution in [3.63, 3.8) is 0 Å². The lowest BCUT2D eigenvalue weighted by Crippen LogP contribution is -1.92. The summed E-state index contributed by atoms with van der Waals surface area (Å²) < 4.78 is 9.72. The smallest absolute Gasteiger partial charge is 0.200 e. The number of methoxy groups -OCH3 is 2. The van der Waals surface area contributed by atoms with Gasteiger partial charge in [0.05, 0.1) is 14.2 Å². The second kappa shape index (κ2) is 3.21. The van der Waals surface area contributed by atoms with Crippen LogP contribution < -0.4 is 15.2 Å². The highest BCUT2D eigenvalue weighted by molar-refractivity contribution is 5.59. The molecule has 0 aliphatic heterocycles. The van der Waals surface area contributed by atoms with Gasteiger partial charge in [0.25, 0.3) is 0 Å². The summed E-state index contributed by atoms with van der Waals surface area (Å²) in [5.74, 6) is 0.591. The van der Waals surface area contributed by atoms with Crippen molar-refractivity contribution in [2.45, 2.75) is 0 Å². The van der Waals surface area contributed by atoms with E-state index in [0.29, 0.717) is 17.2 Å². The molecule has 0 saturated heterocycles. The Morgan fingerprint density at radius 2 is 1.58 bits per heavy atom. The monoisotopic (exact) mass is 169 g/mol. The van der Waals surface area contributed by atoms with Crippen molar-refractivity contribution in [3.8, 4) is 17.2 Å². The summed E-state index contributed by atoms with van der Waals surface area (Å²) in [5, 5.41) is 9.41. The lowest BCUT2D eigenvalue weighted by molar-refractivity contribution is 0.340. The average molecular weight is 169 g/mol. The normalized spacial score (nSPS) is 9.50. The average Bonchev–Trinajstić information content (AvgIpc) is 2.08. The van der Waals surface area contributed by atoms with Crippen molar-refractivity contribution in [1.82, 2.24) is 0 Å². The topological polar surface area (TPSA) is 64.7 Å². The summed E-state index contributed by atoms with van der Waals surface area (Å²) in [5.41, 5.74) is 6.00. The van der Waals surface area contributed by atoms with Gasteiger partial charge in [0.2, 0.25) is 5.75 Å². The maximum atomic E-state index is 9.41. The van der Waals surface area contributed by atoms with E-state index in [-0.39, 0.29) is 5.75 Å². The van der Waals surface area contributed by atoms with E-state index < -0.39 is 0 Å². The maximum absolute atomic E-state index is 9.41. The van der Waals surface area contributed by atoms with E-state index in [1.54, 1.807) is 0 Å². The highest BCUT2D eigenvalue weighted by atomic mass is 16.5. The maximum Gasteiger partial charge on any atom is 0.200 e. The Balaban J connectivity index is 3.22. The molecule has 1 aromatic carbocycles. The van der Waals surface area contributed by atoms with E-state index in [1.165, 1.54) is 26.4 Å². The molecule has 0 heterocycles. The molecule has 0 amide bonds. The summed E-state index contributed by atoms with van der Waals surface area (Å²) in [4.78, 5) is 0. The van der Waals surface area contributed by atoms with Crippen LogP contribution in [0.5, 0.6) is 17.2 Å². The van der Waals surface area contributed by atoms with Gasteiger partial charge in [0.15, 0.2) is 11.5 Å². The number of rotatable bonds is 2. The van der Waals surface area contributed by atoms with Crippen LogP contribution in [0.15, 0.2) is 12.1 Å². The molecule has 4 heteroatoms. The van der Waals surface area contributed by atoms with Crippen LogP contribution in [0, 0.1) is 0 Å². The molecule has 0 atom stereocenters. The zero-order valence-electron chi connectivity index (χ0n) is 7.00. The third-order valence-electron chi connectivity index (χ3n) is 1.50. The van der Waals surface area contributed by atoms with Crippen LogP contribution in [0.25, 0.3) is 0 Å². The van der Waals surface area contributed by atoms with Crippen LogP contribution in [0.2, 0.25) is 0 Å². The number of nitrogen functional groups attached to an aromatic ring is 1. The molecule has 0 aliphatic rings. The van der Waals surface area contributed by atoms with Crippen LogP contribution in [0.1, 0.15) is 0 Å². The van der Waals surface area contributed by atoms with Gasteiger partial charge < -0.3 is 20.3 Å². The van der Waals surface area contributed by atoms with Gasteiger partial charge in [0, 0.05) is 17.8 Å². The summed E-state index contributed by atoms with van der Waals surface area (Å²) in [6, 6.07) is 3.05. The number of ether oxygens (including phenoxy) is 2. The highest BCUT2D eigenvalue weighted by Crippen LogP contribution is 2.37. The van der Waals surface area contributed by atoms with Crippen LogP contribution in [0.4, 0.5) is 5.69 Å². The van der Waals surface area contributed by atoms with E-state index in [1.807, 2.05) is 0 Å². The fourth-order valence-electron chi connectivity index (χ4n) is 0.914. The van der Waals surface area contributed by atoms with Crippen LogP contribution in [0.3, 0.4) is 0 Å². The summed E-state index contributed by atoms with van der Waals surface area (Å²) in [6.45, 7) is 0. The second-order valence-electron chi connectivity index (χ2n) is 2.27. The number of benzene rings is 1. The van der Waals surface area contributed by atoms with Crippen molar-refractivity contribution < 1.29 is 14.6 Å². The minimum Gasteiger partial charge on any atom is -0.502 e. The number of nitrogens with two attached hydrogens (primary N) is 1. The largest absolute Gasteiger partial charge is 0.502 e. The van der Waals surface area contributed by atoms with Gasteiger partial charge in [-0.25, -0.2) is 0 Å². The van der Waals surface area contributed by atoms with Crippen LogP contribution >= 0.6 is 0 Å². The van der Waals surface area contributed by atoms with Gasteiger partial charge in [0.1, 0.15) is 0 Å². The predicted molar refractivity (Wildman–Crippen MR) is 45.6 cm³/mol. The SMILES string of the molecule is COc1cc(N)cc(OC)c1O. The first-order valence-corrected chi connectivity index (χ1v) is 3.39. The Hall–Kier alpha value is -1.58. The van der Waals surface area contributed by atoms with Gasteiger partial charge in [-0.3, -0.25) is 0 Å². The van der Waals surface area contributed by atoms with E-state index >= 15 is 0 Å². The predicted octanol–water partition coefficient (Wildman–Crippen LogP) is 0.992. The molecule has 1 aromatic rings. The number of anilines is 1. The second-order valence-corrected chi connectivity index (χ2v) is 2.27. The van der Waals surface area contributed by atoms with E-state index in [4.69, 9.17) is 15.2 Å². The van der Waals surface area contributed by atoms with E-state index in [0.717, 1.165) is 0 Å². The number of aromatic hydroxyl groups is 1. The first-order valence-electron chi connectivity index (χ1n) is 3.39. The molecular weight excluding hydrogens is 158 g/mol. The number of phenols is 1. The lowest BCUT2D eigenvalue weighted by Gasteiger charge is -2.08. The molecule has 0 saturated carbocycles. The lowest BCUT2D eigenvalue weighted by atomic mass is 10.2. The van der Waals surface area contributed by atoms with Crippen molar-refractivity contribution in [1.29, 1.82) is 0 Å². The Labute approximate surface area is 70.5 Å². The Bertz CT molecular complexity index is 261. The van der Waals surface area contributed by atoms with Crippen LogP contribution in [-0.4, -0.2) is 19.3 Å². The summed E-state index contributed by atoms with van der Waals surface area (Å²) in [7, 11) is 2.90. The van der Waals surface area contributed by atoms with Crippen molar-refractivity contribution in [2.24, 2.45) is 0 Å². The molecular formula is C8H11NO3. The molecule has 0 unspecified atom stereocenters. The Morgan fingerprint density at radius 3 is 1.92 bits per heavy atom. The molecule has 3 N–H and O–H groups in total. The molecule has 0 fully saturated rings. The third kappa shape index (κ3) is 1.37. The Morgan fingerprint density at radius 1 is 1.17 bits per heavy atom. The van der Waals surface area contributed by atoms with E-state index in [2.05, 4.69) is 0 Å². The van der Waals surface area contributed by atoms with Gasteiger partial charge in [-0.1, -0.05) is 0 Å². The molecule has 0 spiro atoms. The minimum absolute atomic E-state index is 0.0331. The first kappa shape index (κ1) is 8.52. The molecule has 0 radical (unpaired) electrons. The Kier molecular flexibility index (Phi) is 2.28. The standard InChI is InChI=1S/C8H11NO3/c1-11-6-3-5(9)4-7(12-2)8(6)10/h3-4,10H,9H2,1-2H3. The fourth-order valence-corrected chi connectivity index (χ4v) is 0.914. The molecule has 4 nitrogen and oxygen atoms in total. The van der Waals surface area contributed by atoms with Gasteiger partial charge in [-0.2, -0.15) is 0 Å². The summed E-state index contributed by atoms with van der Waals surface area (Å²) >= 11 is 0. The van der Waals surface area contributed by atoms with Gasteiger partial charge in [-0.05, 0) is 0 Å². The number of hydrogen-bond donors (Lipinski definition) is 2. The molecule has 0 aromatic heterocycles. The van der Waals surface area contributed by atoms with Crippen molar-refractivity contribution >= 4 is 5.69 Å². The fraction of sp³-hybridized carbons (Fsp3) is 0.250. The summed E-state index contributed by atoms with van der Waals surface area (Å²) in [6.07, 6.45) is 0.